The summed E-state index contributed by atoms with van der Waals surface area (Å²) < 4.78 is 0. The van der Waals surface area contributed by atoms with Gasteiger partial charge in [0.15, 0.2) is 5.11 Å². The molecule has 0 aromatic heterocycles. The number of thiocarbonyl (C=S) groups is 1. The van der Waals surface area contributed by atoms with Crippen LogP contribution in [0.4, 0.5) is 0 Å². The highest BCUT2D eigenvalue weighted by Crippen LogP contribution is 1.65. The van der Waals surface area contributed by atoms with Gasteiger partial charge in [0, 0.05) is 6.54 Å². The van der Waals surface area contributed by atoms with Crippen LogP contribution in [0.15, 0.2) is 5.10 Å². The third-order valence-electron chi connectivity index (χ3n) is 0.678. The molecule has 0 atom stereocenters. The molecule has 0 aliphatic rings. The van der Waals surface area contributed by atoms with E-state index in [1.165, 1.54) is 0 Å². The molecule has 0 unspecified atom stereocenters. The van der Waals surface area contributed by atoms with E-state index >= 15 is 0 Å². The standard InChI is InChI=1S/C5H9N3O2S/c1-2-6-5(11)8-7-3-4(9)10/h3H,2H2,1H3,(H,9,10)(H2,6,8,11). The molecule has 0 radical (unpaired) electrons. The number of nitrogens with zero attached hydrogens (tertiary/aromatic N) is 1. The van der Waals surface area contributed by atoms with Crippen molar-refractivity contribution in [3.63, 3.8) is 0 Å². The Labute approximate surface area is 69.5 Å². The molecule has 62 valence electrons. The lowest BCUT2D eigenvalue weighted by Crippen LogP contribution is -2.31. The summed E-state index contributed by atoms with van der Waals surface area (Å²) in [5, 5.41) is 14.5. The zero-order valence-electron chi connectivity index (χ0n) is 6.00. The van der Waals surface area contributed by atoms with E-state index in [2.05, 4.69) is 28.1 Å². The molecule has 0 aliphatic heterocycles. The number of carbonyl (C=O) groups is 1. The Hall–Kier alpha value is -1.17. The summed E-state index contributed by atoms with van der Waals surface area (Å²) in [7, 11) is 0. The summed E-state index contributed by atoms with van der Waals surface area (Å²) in [5.41, 5.74) is 2.32. The number of nitrogens with one attached hydrogen (secondary N) is 2. The predicted octanol–water partition coefficient (Wildman–Crippen LogP) is -0.459. The summed E-state index contributed by atoms with van der Waals surface area (Å²) in [6.07, 6.45) is 0.726. The van der Waals surface area contributed by atoms with E-state index in [-0.39, 0.29) is 0 Å². The second-order valence-corrected chi connectivity index (χ2v) is 1.98. The Balaban J connectivity index is 3.53. The maximum absolute atomic E-state index is 9.89. The number of carboxylic acids is 1. The maximum atomic E-state index is 9.89. The van der Waals surface area contributed by atoms with Gasteiger partial charge in [-0.2, -0.15) is 5.10 Å². The van der Waals surface area contributed by atoms with E-state index in [1.54, 1.807) is 0 Å². The molecule has 0 spiro atoms. The Morgan fingerprint density at radius 2 is 2.45 bits per heavy atom. The SMILES string of the molecule is CCNC(=S)NN=CC(=O)O. The first-order chi connectivity index (χ1) is 5.16. The first-order valence-electron chi connectivity index (χ1n) is 2.96. The van der Waals surface area contributed by atoms with Crippen molar-refractivity contribution in [2.24, 2.45) is 5.10 Å². The third kappa shape index (κ3) is 6.72. The highest BCUT2D eigenvalue weighted by Gasteiger charge is 1.89. The van der Waals surface area contributed by atoms with Gasteiger partial charge in [-0.1, -0.05) is 0 Å². The van der Waals surface area contributed by atoms with Crippen molar-refractivity contribution < 1.29 is 9.90 Å². The third-order valence-corrected chi connectivity index (χ3v) is 0.914. The van der Waals surface area contributed by atoms with E-state index in [0.717, 1.165) is 6.21 Å². The highest BCUT2D eigenvalue weighted by atomic mass is 32.1. The molecule has 0 fully saturated rings. The molecule has 0 amide bonds. The van der Waals surface area contributed by atoms with Crippen LogP contribution in [-0.4, -0.2) is 28.9 Å². The van der Waals surface area contributed by atoms with Crippen molar-refractivity contribution in [2.75, 3.05) is 6.54 Å². The van der Waals surface area contributed by atoms with E-state index in [1.807, 2.05) is 6.92 Å². The Morgan fingerprint density at radius 1 is 1.82 bits per heavy atom. The van der Waals surface area contributed by atoms with Gasteiger partial charge >= 0.3 is 5.97 Å². The molecule has 0 rings (SSSR count). The van der Waals surface area contributed by atoms with Gasteiger partial charge in [0.1, 0.15) is 6.21 Å². The first-order valence-corrected chi connectivity index (χ1v) is 3.37. The monoisotopic (exact) mass is 175 g/mol. The fraction of sp³-hybridized carbons (Fsp3) is 0.400. The van der Waals surface area contributed by atoms with Crippen LogP contribution < -0.4 is 10.7 Å². The molecule has 0 aromatic carbocycles. The number of hydrogen-bond acceptors (Lipinski definition) is 3. The number of rotatable bonds is 3. The number of hydrazone groups is 1. The van der Waals surface area contributed by atoms with E-state index < -0.39 is 5.97 Å². The van der Waals surface area contributed by atoms with Crippen LogP contribution in [0.1, 0.15) is 6.92 Å². The number of hydrogen-bond donors (Lipinski definition) is 3. The first kappa shape index (κ1) is 9.83. The van der Waals surface area contributed by atoms with Crippen LogP contribution in [0.5, 0.6) is 0 Å². The van der Waals surface area contributed by atoms with Crippen molar-refractivity contribution in [1.82, 2.24) is 10.7 Å². The summed E-state index contributed by atoms with van der Waals surface area (Å²) in [6.45, 7) is 2.54. The van der Waals surface area contributed by atoms with Gasteiger partial charge in [-0.25, -0.2) is 4.79 Å². The number of carboxylic acid groups (broad SMARTS) is 1. The Kier molecular flexibility index (Phi) is 5.01. The van der Waals surface area contributed by atoms with Crippen molar-refractivity contribution in [1.29, 1.82) is 0 Å². The van der Waals surface area contributed by atoms with Gasteiger partial charge in [-0.05, 0) is 19.1 Å². The van der Waals surface area contributed by atoms with Gasteiger partial charge in [-0.15, -0.1) is 0 Å². The van der Waals surface area contributed by atoms with Gasteiger partial charge in [-0.3, -0.25) is 5.43 Å². The molecule has 0 saturated heterocycles. The lowest BCUT2D eigenvalue weighted by atomic mass is 10.7. The zero-order valence-corrected chi connectivity index (χ0v) is 6.81. The van der Waals surface area contributed by atoms with Crippen molar-refractivity contribution in [3.8, 4) is 0 Å². The molecule has 0 bridgehead atoms. The smallest absolute Gasteiger partial charge is 0.348 e. The quantitative estimate of drug-likeness (QED) is 0.307. The molecule has 11 heavy (non-hydrogen) atoms. The average molecular weight is 175 g/mol. The maximum Gasteiger partial charge on any atom is 0.348 e. The van der Waals surface area contributed by atoms with E-state index in [4.69, 9.17) is 5.11 Å². The molecule has 0 aromatic rings. The fourth-order valence-corrected chi connectivity index (χ4v) is 0.543. The van der Waals surface area contributed by atoms with Gasteiger partial charge in [0.2, 0.25) is 0 Å². The molecular formula is C5H9N3O2S. The minimum atomic E-state index is -1.11. The lowest BCUT2D eigenvalue weighted by Gasteiger charge is -2.01. The molecule has 0 aliphatic carbocycles. The highest BCUT2D eigenvalue weighted by molar-refractivity contribution is 7.80. The summed E-state index contributed by atoms with van der Waals surface area (Å²) in [4.78, 5) is 9.89. The molecule has 3 N–H and O–H groups in total. The minimum absolute atomic E-state index is 0.310. The molecular weight excluding hydrogens is 166 g/mol. The van der Waals surface area contributed by atoms with Crippen LogP contribution in [0.3, 0.4) is 0 Å². The van der Waals surface area contributed by atoms with Gasteiger partial charge in [0.25, 0.3) is 0 Å². The topological polar surface area (TPSA) is 73.7 Å². The van der Waals surface area contributed by atoms with E-state index in [9.17, 15) is 4.79 Å². The molecule has 0 heterocycles. The summed E-state index contributed by atoms with van der Waals surface area (Å²) in [5.74, 6) is -1.11. The van der Waals surface area contributed by atoms with Crippen molar-refractivity contribution >= 4 is 29.5 Å². The van der Waals surface area contributed by atoms with E-state index in [0.29, 0.717) is 11.7 Å². The summed E-state index contributed by atoms with van der Waals surface area (Å²) >= 11 is 4.68. The van der Waals surface area contributed by atoms with Crippen molar-refractivity contribution in [2.45, 2.75) is 6.92 Å². The average Bonchev–Trinajstić information content (AvgIpc) is 1.87. The largest absolute Gasteiger partial charge is 0.477 e. The Morgan fingerprint density at radius 3 is 2.91 bits per heavy atom. The van der Waals surface area contributed by atoms with Crippen molar-refractivity contribution in [3.05, 3.63) is 0 Å². The van der Waals surface area contributed by atoms with Gasteiger partial charge in [0.05, 0.1) is 0 Å². The molecule has 5 nitrogen and oxygen atoms in total. The second kappa shape index (κ2) is 5.60. The lowest BCUT2D eigenvalue weighted by molar-refractivity contribution is -0.128. The Bertz CT molecular complexity index is 181. The van der Waals surface area contributed by atoms with Crippen LogP contribution in [0.2, 0.25) is 0 Å². The van der Waals surface area contributed by atoms with Crippen LogP contribution in [-0.2, 0) is 4.79 Å². The van der Waals surface area contributed by atoms with Crippen LogP contribution in [0, 0.1) is 0 Å². The van der Waals surface area contributed by atoms with Gasteiger partial charge < -0.3 is 10.4 Å². The molecule has 0 saturated carbocycles. The van der Waals surface area contributed by atoms with Crippen LogP contribution in [0.25, 0.3) is 0 Å². The fourth-order valence-electron chi connectivity index (χ4n) is 0.346. The summed E-state index contributed by atoms with van der Waals surface area (Å²) in [6, 6.07) is 0. The van der Waals surface area contributed by atoms with Crippen LogP contribution >= 0.6 is 12.2 Å². The number of aliphatic carboxylic acids is 1. The predicted molar refractivity (Wildman–Crippen MR) is 45.5 cm³/mol. The normalized spacial score (nSPS) is 9.55. The minimum Gasteiger partial charge on any atom is -0.477 e. The molecule has 6 heteroatoms. The zero-order chi connectivity index (χ0) is 8.69. The second-order valence-electron chi connectivity index (χ2n) is 1.57.